The molecule has 0 spiro atoms. The van der Waals surface area contributed by atoms with Crippen LogP contribution < -0.4 is 19.5 Å². The van der Waals surface area contributed by atoms with Gasteiger partial charge in [0.15, 0.2) is 23.0 Å². The van der Waals surface area contributed by atoms with E-state index in [1.165, 1.54) is 0 Å². The molecule has 6 nitrogen and oxygen atoms in total. The number of benzene rings is 1. The van der Waals surface area contributed by atoms with E-state index in [4.69, 9.17) is 14.2 Å². The lowest BCUT2D eigenvalue weighted by Crippen LogP contribution is -2.40. The van der Waals surface area contributed by atoms with Gasteiger partial charge in [-0.1, -0.05) is 0 Å². The van der Waals surface area contributed by atoms with E-state index in [1.54, 1.807) is 6.07 Å². The Labute approximate surface area is 154 Å². The molecule has 1 amide bonds. The van der Waals surface area contributed by atoms with Gasteiger partial charge < -0.3 is 19.5 Å². The first-order valence-electron chi connectivity index (χ1n) is 8.77. The van der Waals surface area contributed by atoms with Crippen LogP contribution in [0.15, 0.2) is 30.5 Å². The van der Waals surface area contributed by atoms with Crippen LogP contribution in [0.25, 0.3) is 0 Å². The Morgan fingerprint density at radius 1 is 1.11 bits per heavy atom. The molecule has 2 aliphatic rings. The maximum absolute atomic E-state index is 13.7. The second-order valence-corrected chi connectivity index (χ2v) is 6.56. The highest BCUT2D eigenvalue weighted by Gasteiger charge is 2.26. The number of fused-ring (bicyclic) bond motifs is 1. The number of pyridine rings is 1. The Bertz CT molecular complexity index is 854. The molecule has 0 unspecified atom stereocenters. The van der Waals surface area contributed by atoms with Gasteiger partial charge in [0.2, 0.25) is 6.79 Å². The summed E-state index contributed by atoms with van der Waals surface area (Å²) in [5.74, 6) is -0.327. The van der Waals surface area contributed by atoms with E-state index in [1.807, 2.05) is 12.1 Å². The lowest BCUT2D eigenvalue weighted by molar-refractivity contribution is 0.0884. The van der Waals surface area contributed by atoms with Crippen molar-refractivity contribution in [1.29, 1.82) is 0 Å². The van der Waals surface area contributed by atoms with E-state index in [9.17, 15) is 13.6 Å². The molecule has 1 fully saturated rings. The fourth-order valence-corrected chi connectivity index (χ4v) is 3.30. The number of carbonyl (C=O) groups is 1. The molecular weight excluding hydrogens is 358 g/mol. The van der Waals surface area contributed by atoms with Gasteiger partial charge in [0.1, 0.15) is 11.6 Å². The minimum absolute atomic E-state index is 0.0270. The highest BCUT2D eigenvalue weighted by atomic mass is 19.1. The molecule has 1 aromatic heterocycles. The maximum atomic E-state index is 13.7. The molecule has 0 radical (unpaired) electrons. The summed E-state index contributed by atoms with van der Waals surface area (Å²) in [7, 11) is 0. The van der Waals surface area contributed by atoms with Crippen molar-refractivity contribution in [1.82, 2.24) is 10.3 Å². The van der Waals surface area contributed by atoms with E-state index in [0.717, 1.165) is 19.0 Å². The number of hydrogen-bond acceptors (Lipinski definition) is 5. The van der Waals surface area contributed by atoms with Crippen LogP contribution in [0.4, 0.5) is 8.78 Å². The Balaban J connectivity index is 1.29. The number of carbonyl (C=O) groups excluding carboxylic acids is 1. The molecule has 1 aromatic carbocycles. The van der Waals surface area contributed by atoms with Gasteiger partial charge in [-0.25, -0.2) is 13.8 Å². The van der Waals surface area contributed by atoms with Crippen LogP contribution in [0.3, 0.4) is 0 Å². The lowest BCUT2D eigenvalue weighted by Gasteiger charge is -2.29. The smallest absolute Gasteiger partial charge is 0.273 e. The fraction of sp³-hybridized carbons (Fsp3) is 0.368. The first-order valence-corrected chi connectivity index (χ1v) is 8.77. The largest absolute Gasteiger partial charge is 0.490 e. The molecule has 0 atom stereocenters. The number of ether oxygens (including phenoxy) is 3. The van der Waals surface area contributed by atoms with Gasteiger partial charge in [-0.2, -0.15) is 0 Å². The van der Waals surface area contributed by atoms with Crippen molar-refractivity contribution in [3.05, 3.63) is 47.8 Å². The van der Waals surface area contributed by atoms with Crippen molar-refractivity contribution < 1.29 is 27.8 Å². The first kappa shape index (κ1) is 17.5. The Kier molecular flexibility index (Phi) is 4.79. The summed E-state index contributed by atoms with van der Waals surface area (Å²) in [6.45, 7) is 0.215. The average Bonchev–Trinajstić information content (AvgIpc) is 3.11. The van der Waals surface area contributed by atoms with Crippen LogP contribution in [-0.4, -0.2) is 29.8 Å². The van der Waals surface area contributed by atoms with Gasteiger partial charge in [0.25, 0.3) is 5.91 Å². The van der Waals surface area contributed by atoms with Gasteiger partial charge in [0.05, 0.1) is 12.3 Å². The van der Waals surface area contributed by atoms with E-state index >= 15 is 0 Å². The molecule has 1 N–H and O–H groups in total. The van der Waals surface area contributed by atoms with Crippen LogP contribution in [0, 0.1) is 11.6 Å². The van der Waals surface area contributed by atoms with Gasteiger partial charge in [0, 0.05) is 18.2 Å². The zero-order valence-electron chi connectivity index (χ0n) is 14.4. The number of nitrogens with one attached hydrogen (secondary N) is 1. The third kappa shape index (κ3) is 3.94. The Hall–Kier alpha value is -2.90. The summed E-state index contributed by atoms with van der Waals surface area (Å²) in [6, 6.07) is 6.01. The predicted molar refractivity (Wildman–Crippen MR) is 90.9 cm³/mol. The molecule has 0 saturated heterocycles. The van der Waals surface area contributed by atoms with Gasteiger partial charge in [-0.05, 0) is 37.8 Å². The number of aromatic nitrogens is 1. The summed E-state index contributed by atoms with van der Waals surface area (Å²) < 4.78 is 43.2. The third-order valence-corrected chi connectivity index (χ3v) is 4.68. The minimum Gasteiger partial charge on any atom is -0.490 e. The van der Waals surface area contributed by atoms with Gasteiger partial charge in [-0.15, -0.1) is 0 Å². The second kappa shape index (κ2) is 7.38. The number of amides is 1. The van der Waals surface area contributed by atoms with E-state index < -0.39 is 23.2 Å². The van der Waals surface area contributed by atoms with Crippen LogP contribution >= 0.6 is 0 Å². The first-order chi connectivity index (χ1) is 13.1. The molecule has 1 saturated carbocycles. The number of nitrogens with zero attached hydrogens (tertiary/aromatic N) is 1. The van der Waals surface area contributed by atoms with Crippen LogP contribution in [-0.2, 0) is 0 Å². The summed E-state index contributed by atoms with van der Waals surface area (Å²) in [5, 5.41) is 2.76. The second-order valence-electron chi connectivity index (χ2n) is 6.56. The quantitative estimate of drug-likeness (QED) is 0.887. The highest BCUT2D eigenvalue weighted by Crippen LogP contribution is 2.36. The summed E-state index contributed by atoms with van der Waals surface area (Å²) in [5.41, 5.74) is -0.393. The Morgan fingerprint density at radius 2 is 1.89 bits per heavy atom. The van der Waals surface area contributed by atoms with Crippen LogP contribution in [0.1, 0.15) is 36.2 Å². The number of hydrogen-bond donors (Lipinski definition) is 1. The molecule has 27 heavy (non-hydrogen) atoms. The Morgan fingerprint density at radius 3 is 2.67 bits per heavy atom. The van der Waals surface area contributed by atoms with Crippen molar-refractivity contribution >= 4 is 5.91 Å². The van der Waals surface area contributed by atoms with E-state index in [0.29, 0.717) is 36.2 Å². The van der Waals surface area contributed by atoms with Gasteiger partial charge >= 0.3 is 0 Å². The highest BCUT2D eigenvalue weighted by molar-refractivity contribution is 5.92. The summed E-state index contributed by atoms with van der Waals surface area (Å²) >= 11 is 0. The van der Waals surface area contributed by atoms with E-state index in [-0.39, 0.29) is 18.9 Å². The van der Waals surface area contributed by atoms with Crippen molar-refractivity contribution in [3.63, 3.8) is 0 Å². The molecule has 0 bridgehead atoms. The summed E-state index contributed by atoms with van der Waals surface area (Å²) in [6.07, 6.45) is 3.75. The monoisotopic (exact) mass is 376 g/mol. The summed E-state index contributed by atoms with van der Waals surface area (Å²) in [4.78, 5) is 15.7. The molecule has 142 valence electrons. The number of halogens is 2. The van der Waals surface area contributed by atoms with Crippen molar-refractivity contribution in [2.75, 3.05) is 6.79 Å². The molecule has 2 aromatic rings. The molecule has 2 heterocycles. The predicted octanol–water partition coefficient (Wildman–Crippen LogP) is 3.21. The van der Waals surface area contributed by atoms with Crippen molar-refractivity contribution in [3.8, 4) is 17.2 Å². The van der Waals surface area contributed by atoms with Crippen LogP contribution in [0.2, 0.25) is 0 Å². The van der Waals surface area contributed by atoms with Crippen molar-refractivity contribution in [2.24, 2.45) is 0 Å². The van der Waals surface area contributed by atoms with E-state index in [2.05, 4.69) is 10.3 Å². The van der Waals surface area contributed by atoms with Crippen molar-refractivity contribution in [2.45, 2.75) is 37.8 Å². The average molecular weight is 376 g/mol. The zero-order chi connectivity index (χ0) is 18.8. The molecule has 1 aliphatic heterocycles. The topological polar surface area (TPSA) is 69.7 Å². The third-order valence-electron chi connectivity index (χ3n) is 4.68. The zero-order valence-corrected chi connectivity index (χ0v) is 14.4. The fourth-order valence-electron chi connectivity index (χ4n) is 3.30. The van der Waals surface area contributed by atoms with Crippen LogP contribution in [0.5, 0.6) is 17.2 Å². The molecule has 4 rings (SSSR count). The maximum Gasteiger partial charge on any atom is 0.273 e. The molecule has 1 aliphatic carbocycles. The lowest BCUT2D eigenvalue weighted by atomic mass is 9.92. The number of rotatable bonds is 4. The standard InChI is InChI=1S/C19H18F2N2O4/c20-11-7-15(21)18(22-9-11)19(24)23-12-1-3-13(4-2-12)27-14-5-6-16-17(8-14)26-10-25-16/h5-9,12-13H,1-4,10H2,(H,23,24). The minimum atomic E-state index is -0.965. The SMILES string of the molecule is O=C(NC1CCC(Oc2ccc3c(c2)OCO3)CC1)c1ncc(F)cc1F. The van der Waals surface area contributed by atoms with Gasteiger partial charge in [-0.3, -0.25) is 4.79 Å². The normalized spacial score (nSPS) is 21.0. The molecule has 8 heteroatoms. The molecular formula is C19H18F2N2O4.